The van der Waals surface area contributed by atoms with Crippen molar-refractivity contribution in [1.82, 2.24) is 5.32 Å². The molecule has 6 heteroatoms. The molecular formula is C31H35FN2O3. The number of nitrogens with one attached hydrogen (secondary N) is 2. The van der Waals surface area contributed by atoms with Gasteiger partial charge in [-0.2, -0.15) is 0 Å². The third kappa shape index (κ3) is 5.36. The van der Waals surface area contributed by atoms with Crippen molar-refractivity contribution in [3.8, 4) is 5.75 Å². The minimum atomic E-state index is -0.687. The van der Waals surface area contributed by atoms with Crippen LogP contribution < -0.4 is 15.4 Å². The molecule has 3 N–H and O–H groups in total. The predicted molar refractivity (Wildman–Crippen MR) is 143 cm³/mol. The number of rotatable bonds is 9. The van der Waals surface area contributed by atoms with Gasteiger partial charge in [0.15, 0.2) is 0 Å². The lowest BCUT2D eigenvalue weighted by Crippen LogP contribution is -2.51. The van der Waals surface area contributed by atoms with Crippen LogP contribution in [0.4, 0.5) is 10.1 Å². The first-order chi connectivity index (χ1) is 17.9. The lowest BCUT2D eigenvalue weighted by Gasteiger charge is -2.57. The third-order valence-corrected chi connectivity index (χ3v) is 8.67. The van der Waals surface area contributed by atoms with Crippen LogP contribution in [0.5, 0.6) is 5.75 Å². The van der Waals surface area contributed by atoms with Crippen LogP contribution in [0.3, 0.4) is 0 Å². The molecule has 3 aromatic rings. The average Bonchev–Trinajstić information content (AvgIpc) is 2.87. The minimum Gasteiger partial charge on any atom is -0.490 e. The van der Waals surface area contributed by atoms with E-state index in [0.717, 1.165) is 35.1 Å². The maximum atomic E-state index is 13.3. The maximum absolute atomic E-state index is 13.3. The Morgan fingerprint density at radius 3 is 2.24 bits per heavy atom. The van der Waals surface area contributed by atoms with Gasteiger partial charge in [0, 0.05) is 18.8 Å². The van der Waals surface area contributed by atoms with E-state index in [4.69, 9.17) is 4.74 Å². The van der Waals surface area contributed by atoms with Crippen molar-refractivity contribution in [2.75, 3.05) is 25.0 Å². The first-order valence-corrected chi connectivity index (χ1v) is 13.6. The molecule has 1 unspecified atom stereocenters. The van der Waals surface area contributed by atoms with Gasteiger partial charge < -0.3 is 20.5 Å². The van der Waals surface area contributed by atoms with E-state index in [1.54, 1.807) is 6.07 Å². The fourth-order valence-electron chi connectivity index (χ4n) is 7.50. The van der Waals surface area contributed by atoms with E-state index < -0.39 is 6.10 Å². The number of hydrogen-bond acceptors (Lipinski definition) is 4. The second-order valence-corrected chi connectivity index (χ2v) is 11.7. The highest BCUT2D eigenvalue weighted by atomic mass is 19.1. The Morgan fingerprint density at radius 1 is 0.973 bits per heavy atom. The molecular weight excluding hydrogens is 467 g/mol. The molecule has 1 atom stereocenters. The van der Waals surface area contributed by atoms with Crippen LogP contribution in [0, 0.1) is 29.0 Å². The molecule has 4 bridgehead atoms. The first-order valence-electron chi connectivity index (χ1n) is 13.6. The summed E-state index contributed by atoms with van der Waals surface area (Å²) >= 11 is 0. The van der Waals surface area contributed by atoms with Crippen molar-refractivity contribution < 1.29 is 19.0 Å². The van der Waals surface area contributed by atoms with Gasteiger partial charge in [-0.3, -0.25) is 4.79 Å². The molecule has 1 amide bonds. The zero-order valence-corrected chi connectivity index (χ0v) is 21.1. The summed E-state index contributed by atoms with van der Waals surface area (Å²) in [7, 11) is 0. The van der Waals surface area contributed by atoms with Crippen LogP contribution >= 0.6 is 0 Å². The summed E-state index contributed by atoms with van der Waals surface area (Å²) in [5, 5.41) is 18.9. The molecule has 4 saturated carbocycles. The highest BCUT2D eigenvalue weighted by Gasteiger charge is 2.50. The molecule has 4 aliphatic rings. The number of fused-ring (bicyclic) bond motifs is 1. The van der Waals surface area contributed by atoms with E-state index in [1.165, 1.54) is 62.8 Å². The molecule has 0 radical (unpaired) electrons. The molecule has 0 aliphatic heterocycles. The number of carbonyl (C=O) groups is 1. The molecule has 7 rings (SSSR count). The van der Waals surface area contributed by atoms with Gasteiger partial charge in [0.1, 0.15) is 24.3 Å². The lowest BCUT2D eigenvalue weighted by atomic mass is 9.49. The Bertz CT molecular complexity index is 1240. The number of halogens is 1. The number of anilines is 1. The monoisotopic (exact) mass is 502 g/mol. The number of benzene rings is 3. The van der Waals surface area contributed by atoms with Crippen molar-refractivity contribution in [1.29, 1.82) is 0 Å². The molecule has 4 aliphatic carbocycles. The van der Waals surface area contributed by atoms with Crippen LogP contribution in [0.1, 0.15) is 48.9 Å². The molecule has 0 saturated heterocycles. The van der Waals surface area contributed by atoms with E-state index in [1.807, 2.05) is 30.3 Å². The smallest absolute Gasteiger partial charge is 0.259 e. The number of amides is 1. The molecule has 0 heterocycles. The van der Waals surface area contributed by atoms with Gasteiger partial charge >= 0.3 is 0 Å². The van der Waals surface area contributed by atoms with Gasteiger partial charge in [-0.1, -0.05) is 24.3 Å². The Morgan fingerprint density at radius 2 is 1.59 bits per heavy atom. The van der Waals surface area contributed by atoms with Crippen LogP contribution in [0.15, 0.2) is 60.7 Å². The number of hydrogen-bond donors (Lipinski definition) is 3. The number of aliphatic hydroxyl groups is 1. The third-order valence-electron chi connectivity index (χ3n) is 8.67. The largest absolute Gasteiger partial charge is 0.490 e. The topological polar surface area (TPSA) is 70.6 Å². The summed E-state index contributed by atoms with van der Waals surface area (Å²) in [5.74, 6) is 2.44. The van der Waals surface area contributed by atoms with E-state index in [0.29, 0.717) is 29.0 Å². The highest BCUT2D eigenvalue weighted by Crippen LogP contribution is 2.59. The zero-order valence-electron chi connectivity index (χ0n) is 21.1. The van der Waals surface area contributed by atoms with Gasteiger partial charge in [0.25, 0.3) is 5.91 Å². The summed E-state index contributed by atoms with van der Waals surface area (Å²) in [6.07, 6.45) is 7.61. The summed E-state index contributed by atoms with van der Waals surface area (Å²) in [4.78, 5) is 13.1. The van der Waals surface area contributed by atoms with Gasteiger partial charge in [-0.05, 0) is 109 Å². The molecule has 37 heavy (non-hydrogen) atoms. The SMILES string of the molecule is O=C(Nc1ccc(F)cc1)c1cc2ccccc2cc1OCC(O)CNCC12CC3CC(CC(C3)C1)C2. The van der Waals surface area contributed by atoms with Crippen molar-refractivity contribution in [2.45, 2.75) is 44.6 Å². The zero-order chi connectivity index (χ0) is 25.4. The van der Waals surface area contributed by atoms with E-state index >= 15 is 0 Å². The summed E-state index contributed by atoms with van der Waals surface area (Å²) in [5.41, 5.74) is 1.29. The predicted octanol–water partition coefficient (Wildman–Crippen LogP) is 5.78. The number of carbonyl (C=O) groups excluding carboxylic acids is 1. The Balaban J connectivity index is 1.09. The van der Waals surface area contributed by atoms with E-state index in [2.05, 4.69) is 10.6 Å². The van der Waals surface area contributed by atoms with Crippen molar-refractivity contribution >= 4 is 22.4 Å². The second kappa shape index (κ2) is 10.1. The Hall–Kier alpha value is -2.96. The minimum absolute atomic E-state index is 0.0864. The van der Waals surface area contributed by atoms with Gasteiger partial charge in [0.05, 0.1) is 5.56 Å². The van der Waals surface area contributed by atoms with E-state index in [-0.39, 0.29) is 18.3 Å². The molecule has 194 valence electrons. The van der Waals surface area contributed by atoms with Crippen LogP contribution in [0.25, 0.3) is 10.8 Å². The number of aliphatic hydroxyl groups excluding tert-OH is 1. The molecule has 0 spiro atoms. The summed E-state index contributed by atoms with van der Waals surface area (Å²) in [6, 6.07) is 17.1. The van der Waals surface area contributed by atoms with Crippen LogP contribution in [-0.2, 0) is 0 Å². The molecule has 4 fully saturated rings. The molecule has 3 aromatic carbocycles. The average molecular weight is 503 g/mol. The maximum Gasteiger partial charge on any atom is 0.259 e. The molecule has 0 aromatic heterocycles. The van der Waals surface area contributed by atoms with E-state index in [9.17, 15) is 14.3 Å². The van der Waals surface area contributed by atoms with Crippen LogP contribution in [0.2, 0.25) is 0 Å². The van der Waals surface area contributed by atoms with Gasteiger partial charge in [-0.15, -0.1) is 0 Å². The fraction of sp³-hybridized carbons (Fsp3) is 0.452. The summed E-state index contributed by atoms with van der Waals surface area (Å²) < 4.78 is 19.3. The number of ether oxygens (including phenoxy) is 1. The van der Waals surface area contributed by atoms with Gasteiger partial charge in [-0.25, -0.2) is 4.39 Å². The molecule has 5 nitrogen and oxygen atoms in total. The van der Waals surface area contributed by atoms with Crippen molar-refractivity contribution in [2.24, 2.45) is 23.2 Å². The van der Waals surface area contributed by atoms with Crippen molar-refractivity contribution in [3.05, 3.63) is 72.0 Å². The lowest BCUT2D eigenvalue weighted by molar-refractivity contribution is -0.0524. The quantitative estimate of drug-likeness (QED) is 0.347. The van der Waals surface area contributed by atoms with Crippen LogP contribution in [-0.4, -0.2) is 36.8 Å². The normalized spacial score (nSPS) is 26.8. The van der Waals surface area contributed by atoms with Gasteiger partial charge in [0.2, 0.25) is 0 Å². The first kappa shape index (κ1) is 24.4. The highest BCUT2D eigenvalue weighted by molar-refractivity contribution is 6.08. The Labute approximate surface area is 217 Å². The van der Waals surface area contributed by atoms with Crippen molar-refractivity contribution in [3.63, 3.8) is 0 Å². The Kier molecular flexibility index (Phi) is 6.63. The standard InChI is InChI=1S/C31H35FN2O3/c32-25-5-7-26(8-6-25)34-30(36)28-12-23-3-1-2-4-24(23)13-29(28)37-18-27(35)17-33-19-31-14-20-9-21(15-31)11-22(10-20)16-31/h1-8,12-13,20-22,27,33,35H,9-11,14-19H2,(H,34,36). The second-order valence-electron chi connectivity index (χ2n) is 11.7. The fourth-order valence-corrected chi connectivity index (χ4v) is 7.50. The summed E-state index contributed by atoms with van der Waals surface area (Å²) in [6.45, 7) is 1.52.